The Hall–Kier alpha value is -2.13. The van der Waals surface area contributed by atoms with Crippen molar-refractivity contribution in [1.82, 2.24) is 10.2 Å². The zero-order valence-corrected chi connectivity index (χ0v) is 15.2. The van der Waals surface area contributed by atoms with Gasteiger partial charge in [-0.1, -0.05) is 50.2 Å². The van der Waals surface area contributed by atoms with Gasteiger partial charge in [0.2, 0.25) is 0 Å². The van der Waals surface area contributed by atoms with Crippen molar-refractivity contribution in [3.05, 3.63) is 70.8 Å². The second-order valence-corrected chi connectivity index (χ2v) is 6.98. The van der Waals surface area contributed by atoms with E-state index in [-0.39, 0.29) is 5.91 Å². The number of carbonyl (C=O) groups excluding carboxylic acids is 1. The van der Waals surface area contributed by atoms with Crippen LogP contribution < -0.4 is 5.32 Å². The standard InChI is InChI=1S/C21H28N2O/c1-16(2)13-17-9-11-18(12-10-17)21(24)22-14-19-7-5-6-8-20(19)15-23(3)4/h5-12,16H,13-15H2,1-4H3,(H,22,24). The Kier molecular flexibility index (Phi) is 6.56. The molecule has 128 valence electrons. The molecule has 0 heterocycles. The van der Waals surface area contributed by atoms with E-state index in [0.29, 0.717) is 18.0 Å². The minimum Gasteiger partial charge on any atom is -0.348 e. The predicted octanol–water partition coefficient (Wildman–Crippen LogP) is 3.88. The molecule has 3 nitrogen and oxygen atoms in total. The number of benzene rings is 2. The fourth-order valence-corrected chi connectivity index (χ4v) is 2.77. The average Bonchev–Trinajstić information content (AvgIpc) is 2.53. The largest absolute Gasteiger partial charge is 0.348 e. The minimum absolute atomic E-state index is 0.0225. The summed E-state index contributed by atoms with van der Waals surface area (Å²) in [4.78, 5) is 14.5. The number of nitrogens with one attached hydrogen (secondary N) is 1. The SMILES string of the molecule is CC(C)Cc1ccc(C(=O)NCc2ccccc2CN(C)C)cc1. The van der Waals surface area contributed by atoms with E-state index in [9.17, 15) is 4.79 Å². The van der Waals surface area contributed by atoms with E-state index in [1.807, 2.05) is 38.4 Å². The second kappa shape index (κ2) is 8.65. The number of hydrogen-bond acceptors (Lipinski definition) is 2. The molecule has 1 amide bonds. The van der Waals surface area contributed by atoms with E-state index in [0.717, 1.165) is 18.5 Å². The van der Waals surface area contributed by atoms with Crippen molar-refractivity contribution in [3.8, 4) is 0 Å². The van der Waals surface area contributed by atoms with Gasteiger partial charge in [0, 0.05) is 18.7 Å². The molecule has 0 saturated carbocycles. The highest BCUT2D eigenvalue weighted by molar-refractivity contribution is 5.94. The molecule has 0 bridgehead atoms. The quantitative estimate of drug-likeness (QED) is 0.838. The van der Waals surface area contributed by atoms with Gasteiger partial charge >= 0.3 is 0 Å². The van der Waals surface area contributed by atoms with Crippen LogP contribution in [-0.2, 0) is 19.5 Å². The molecule has 24 heavy (non-hydrogen) atoms. The Morgan fingerprint density at radius 1 is 1.00 bits per heavy atom. The van der Waals surface area contributed by atoms with E-state index in [2.05, 4.69) is 48.3 Å². The lowest BCUT2D eigenvalue weighted by Gasteiger charge is -2.14. The number of amides is 1. The summed E-state index contributed by atoms with van der Waals surface area (Å²) >= 11 is 0. The van der Waals surface area contributed by atoms with Crippen LogP contribution in [0.15, 0.2) is 48.5 Å². The smallest absolute Gasteiger partial charge is 0.251 e. The van der Waals surface area contributed by atoms with E-state index < -0.39 is 0 Å². The molecule has 1 N–H and O–H groups in total. The Morgan fingerprint density at radius 3 is 2.21 bits per heavy atom. The molecule has 2 rings (SSSR count). The van der Waals surface area contributed by atoms with Crippen molar-refractivity contribution in [2.45, 2.75) is 33.4 Å². The van der Waals surface area contributed by atoms with Gasteiger partial charge < -0.3 is 10.2 Å². The summed E-state index contributed by atoms with van der Waals surface area (Å²) < 4.78 is 0. The van der Waals surface area contributed by atoms with Crippen molar-refractivity contribution in [1.29, 1.82) is 0 Å². The third kappa shape index (κ3) is 5.50. The molecule has 0 radical (unpaired) electrons. The first-order chi connectivity index (χ1) is 11.5. The normalized spacial score (nSPS) is 11.1. The molecule has 0 unspecified atom stereocenters. The molecule has 0 aliphatic carbocycles. The van der Waals surface area contributed by atoms with Gasteiger partial charge in [-0.2, -0.15) is 0 Å². The van der Waals surface area contributed by atoms with Gasteiger partial charge in [0.15, 0.2) is 0 Å². The molecular formula is C21H28N2O. The zero-order chi connectivity index (χ0) is 17.5. The lowest BCUT2D eigenvalue weighted by atomic mass is 10.0. The first-order valence-electron chi connectivity index (χ1n) is 8.54. The highest BCUT2D eigenvalue weighted by Crippen LogP contribution is 2.12. The lowest BCUT2D eigenvalue weighted by molar-refractivity contribution is 0.0951. The van der Waals surface area contributed by atoms with Crippen LogP contribution in [0.1, 0.15) is 40.9 Å². The maximum atomic E-state index is 12.4. The zero-order valence-electron chi connectivity index (χ0n) is 15.2. The molecule has 3 heteroatoms. The highest BCUT2D eigenvalue weighted by atomic mass is 16.1. The van der Waals surface area contributed by atoms with Gasteiger partial charge in [-0.25, -0.2) is 0 Å². The molecular weight excluding hydrogens is 296 g/mol. The molecule has 0 aliphatic rings. The summed E-state index contributed by atoms with van der Waals surface area (Å²) in [6.45, 7) is 5.82. The van der Waals surface area contributed by atoms with Crippen LogP contribution in [0, 0.1) is 5.92 Å². The topological polar surface area (TPSA) is 32.3 Å². The summed E-state index contributed by atoms with van der Waals surface area (Å²) in [6.07, 6.45) is 1.04. The number of nitrogens with zero attached hydrogens (tertiary/aromatic N) is 1. The van der Waals surface area contributed by atoms with Gasteiger partial charge in [0.05, 0.1) is 0 Å². The molecule has 0 aromatic heterocycles. The Labute approximate surface area is 145 Å². The Morgan fingerprint density at radius 2 is 1.62 bits per heavy atom. The third-order valence-corrected chi connectivity index (χ3v) is 3.90. The van der Waals surface area contributed by atoms with Gasteiger partial charge in [0.1, 0.15) is 0 Å². The monoisotopic (exact) mass is 324 g/mol. The van der Waals surface area contributed by atoms with Crippen molar-refractivity contribution >= 4 is 5.91 Å². The molecule has 0 fully saturated rings. The second-order valence-electron chi connectivity index (χ2n) is 6.98. The van der Waals surface area contributed by atoms with Gasteiger partial charge in [-0.3, -0.25) is 4.79 Å². The summed E-state index contributed by atoms with van der Waals surface area (Å²) in [5.74, 6) is 0.601. The first-order valence-corrected chi connectivity index (χ1v) is 8.54. The maximum Gasteiger partial charge on any atom is 0.251 e. The Balaban J connectivity index is 1.98. The third-order valence-electron chi connectivity index (χ3n) is 3.90. The number of carbonyl (C=O) groups is 1. The van der Waals surface area contributed by atoms with Crippen LogP contribution >= 0.6 is 0 Å². The van der Waals surface area contributed by atoms with Crippen LogP contribution in [0.4, 0.5) is 0 Å². The van der Waals surface area contributed by atoms with E-state index in [1.165, 1.54) is 11.1 Å². The molecule has 0 spiro atoms. The van der Waals surface area contributed by atoms with Gasteiger partial charge in [-0.05, 0) is 55.3 Å². The van der Waals surface area contributed by atoms with E-state index >= 15 is 0 Å². The summed E-state index contributed by atoms with van der Waals surface area (Å²) in [5, 5.41) is 3.03. The molecule has 0 saturated heterocycles. The van der Waals surface area contributed by atoms with E-state index in [4.69, 9.17) is 0 Å². The lowest BCUT2D eigenvalue weighted by Crippen LogP contribution is -2.24. The fraction of sp³-hybridized carbons (Fsp3) is 0.381. The summed E-state index contributed by atoms with van der Waals surface area (Å²) in [5.41, 5.74) is 4.40. The summed E-state index contributed by atoms with van der Waals surface area (Å²) in [7, 11) is 4.10. The Bertz CT molecular complexity index is 660. The van der Waals surface area contributed by atoms with Crippen LogP contribution in [0.5, 0.6) is 0 Å². The van der Waals surface area contributed by atoms with Crippen molar-refractivity contribution in [2.75, 3.05) is 14.1 Å². The van der Waals surface area contributed by atoms with Crippen LogP contribution in [-0.4, -0.2) is 24.9 Å². The molecule has 0 aliphatic heterocycles. The highest BCUT2D eigenvalue weighted by Gasteiger charge is 2.08. The fourth-order valence-electron chi connectivity index (χ4n) is 2.77. The van der Waals surface area contributed by atoms with Crippen LogP contribution in [0.2, 0.25) is 0 Å². The van der Waals surface area contributed by atoms with E-state index in [1.54, 1.807) is 0 Å². The first kappa shape index (κ1) is 18.2. The van der Waals surface area contributed by atoms with Crippen LogP contribution in [0.3, 0.4) is 0 Å². The number of rotatable bonds is 7. The summed E-state index contributed by atoms with van der Waals surface area (Å²) in [6, 6.07) is 16.2. The number of hydrogen-bond donors (Lipinski definition) is 1. The predicted molar refractivity (Wildman–Crippen MR) is 100.0 cm³/mol. The molecule has 0 atom stereocenters. The van der Waals surface area contributed by atoms with Crippen LogP contribution in [0.25, 0.3) is 0 Å². The van der Waals surface area contributed by atoms with Crippen molar-refractivity contribution in [2.24, 2.45) is 5.92 Å². The molecule has 2 aromatic rings. The minimum atomic E-state index is -0.0225. The van der Waals surface area contributed by atoms with Crippen molar-refractivity contribution in [3.63, 3.8) is 0 Å². The molecule has 2 aromatic carbocycles. The average molecular weight is 324 g/mol. The maximum absolute atomic E-state index is 12.4. The van der Waals surface area contributed by atoms with Gasteiger partial charge in [0.25, 0.3) is 5.91 Å². The van der Waals surface area contributed by atoms with Gasteiger partial charge in [-0.15, -0.1) is 0 Å². The van der Waals surface area contributed by atoms with Crippen molar-refractivity contribution < 1.29 is 4.79 Å².